The first-order valence-electron chi connectivity index (χ1n) is 5.71. The van der Waals surface area contributed by atoms with Crippen LogP contribution in [0.5, 0.6) is 0 Å². The Balaban J connectivity index is 2.23. The van der Waals surface area contributed by atoms with Crippen LogP contribution < -0.4 is 0 Å². The molecule has 86 valence electrons. The van der Waals surface area contributed by atoms with Gasteiger partial charge in [-0.15, -0.1) is 0 Å². The van der Waals surface area contributed by atoms with Crippen molar-refractivity contribution >= 4 is 5.78 Å². The molecule has 1 aromatic rings. The van der Waals surface area contributed by atoms with Gasteiger partial charge in [-0.1, -0.05) is 6.92 Å². The van der Waals surface area contributed by atoms with Crippen molar-refractivity contribution in [1.29, 1.82) is 0 Å². The van der Waals surface area contributed by atoms with Crippen LogP contribution in [0, 0.1) is 11.8 Å². The number of carbonyl (C=O) groups excluding carboxylic acids is 1. The molecule has 3 heteroatoms. The minimum absolute atomic E-state index is 0.00212. The number of ether oxygens (including phenoxy) is 1. The first kappa shape index (κ1) is 11.3. The van der Waals surface area contributed by atoms with E-state index in [9.17, 15) is 4.79 Å². The summed E-state index contributed by atoms with van der Waals surface area (Å²) in [5.74, 6) is 0.374. The van der Waals surface area contributed by atoms with Gasteiger partial charge >= 0.3 is 0 Å². The average molecular weight is 219 g/mol. The molecule has 0 spiro atoms. The SMILES string of the molecule is CC1OC(C)C(C(=O)c2cccnc2)C1C. The number of hydrogen-bond donors (Lipinski definition) is 0. The molecule has 0 saturated carbocycles. The molecule has 1 aromatic heterocycles. The van der Waals surface area contributed by atoms with Crippen molar-refractivity contribution in [2.75, 3.05) is 0 Å². The summed E-state index contributed by atoms with van der Waals surface area (Å²) >= 11 is 0. The second-order valence-corrected chi connectivity index (χ2v) is 4.54. The third-order valence-corrected chi connectivity index (χ3v) is 3.49. The minimum atomic E-state index is -0.0424. The number of pyridine rings is 1. The van der Waals surface area contributed by atoms with Gasteiger partial charge in [0.2, 0.25) is 0 Å². The van der Waals surface area contributed by atoms with Crippen LogP contribution in [0.4, 0.5) is 0 Å². The first-order chi connectivity index (χ1) is 7.61. The number of rotatable bonds is 2. The molecule has 0 radical (unpaired) electrons. The highest BCUT2D eigenvalue weighted by molar-refractivity contribution is 5.98. The van der Waals surface area contributed by atoms with E-state index in [1.54, 1.807) is 18.5 Å². The normalized spacial score (nSPS) is 33.9. The lowest BCUT2D eigenvalue weighted by molar-refractivity contribution is 0.0491. The van der Waals surface area contributed by atoms with E-state index in [2.05, 4.69) is 11.9 Å². The van der Waals surface area contributed by atoms with E-state index in [0.29, 0.717) is 5.56 Å². The largest absolute Gasteiger partial charge is 0.374 e. The number of aromatic nitrogens is 1. The van der Waals surface area contributed by atoms with E-state index >= 15 is 0 Å². The molecule has 1 saturated heterocycles. The summed E-state index contributed by atoms with van der Waals surface area (Å²) in [5.41, 5.74) is 0.684. The summed E-state index contributed by atoms with van der Waals surface area (Å²) in [6, 6.07) is 3.61. The zero-order valence-corrected chi connectivity index (χ0v) is 9.88. The molecule has 4 unspecified atom stereocenters. The number of nitrogens with zero attached hydrogens (tertiary/aromatic N) is 1. The molecule has 1 aliphatic heterocycles. The Hall–Kier alpha value is -1.22. The monoisotopic (exact) mass is 219 g/mol. The maximum absolute atomic E-state index is 12.3. The van der Waals surface area contributed by atoms with E-state index in [-0.39, 0.29) is 29.8 Å². The Morgan fingerprint density at radius 1 is 1.31 bits per heavy atom. The van der Waals surface area contributed by atoms with Gasteiger partial charge in [-0.3, -0.25) is 9.78 Å². The zero-order chi connectivity index (χ0) is 11.7. The minimum Gasteiger partial charge on any atom is -0.374 e. The van der Waals surface area contributed by atoms with Gasteiger partial charge in [0.25, 0.3) is 0 Å². The molecule has 1 fully saturated rings. The van der Waals surface area contributed by atoms with Crippen LogP contribution in [0.15, 0.2) is 24.5 Å². The lowest BCUT2D eigenvalue weighted by atomic mass is 9.84. The smallest absolute Gasteiger partial charge is 0.170 e. The molecule has 2 heterocycles. The molecule has 4 atom stereocenters. The fraction of sp³-hybridized carbons (Fsp3) is 0.538. The highest BCUT2D eigenvalue weighted by Gasteiger charge is 2.41. The summed E-state index contributed by atoms with van der Waals surface area (Å²) in [4.78, 5) is 16.3. The van der Waals surface area contributed by atoms with Crippen LogP contribution in [0.1, 0.15) is 31.1 Å². The lowest BCUT2D eigenvalue weighted by Gasteiger charge is -2.16. The number of carbonyl (C=O) groups is 1. The topological polar surface area (TPSA) is 39.2 Å². The van der Waals surface area contributed by atoms with Crippen molar-refractivity contribution in [1.82, 2.24) is 4.98 Å². The van der Waals surface area contributed by atoms with Gasteiger partial charge in [-0.2, -0.15) is 0 Å². The van der Waals surface area contributed by atoms with E-state index in [0.717, 1.165) is 0 Å². The van der Waals surface area contributed by atoms with Gasteiger partial charge in [0.05, 0.1) is 18.1 Å². The van der Waals surface area contributed by atoms with Gasteiger partial charge in [0.1, 0.15) is 0 Å². The molecule has 0 N–H and O–H groups in total. The van der Waals surface area contributed by atoms with Crippen molar-refractivity contribution in [2.45, 2.75) is 33.0 Å². The van der Waals surface area contributed by atoms with Crippen LogP contribution in [0.3, 0.4) is 0 Å². The summed E-state index contributed by atoms with van der Waals surface area (Å²) in [5, 5.41) is 0. The van der Waals surface area contributed by atoms with Crippen LogP contribution >= 0.6 is 0 Å². The predicted octanol–water partition coefficient (Wildman–Crippen LogP) is 2.32. The summed E-state index contributed by atoms with van der Waals surface area (Å²) < 4.78 is 5.69. The highest BCUT2D eigenvalue weighted by Crippen LogP contribution is 2.34. The van der Waals surface area contributed by atoms with Crippen molar-refractivity contribution in [2.24, 2.45) is 11.8 Å². The van der Waals surface area contributed by atoms with Gasteiger partial charge < -0.3 is 4.74 Å². The number of Topliss-reactive ketones (excluding diaryl/α,β-unsaturated/α-hetero) is 1. The van der Waals surface area contributed by atoms with Gasteiger partial charge in [0.15, 0.2) is 5.78 Å². The zero-order valence-electron chi connectivity index (χ0n) is 9.88. The van der Waals surface area contributed by atoms with Gasteiger partial charge in [-0.05, 0) is 31.9 Å². The van der Waals surface area contributed by atoms with Crippen molar-refractivity contribution in [3.8, 4) is 0 Å². The molecule has 1 aliphatic rings. The van der Waals surface area contributed by atoms with E-state index in [1.807, 2.05) is 19.9 Å². The van der Waals surface area contributed by atoms with Crippen molar-refractivity contribution in [3.63, 3.8) is 0 Å². The summed E-state index contributed by atoms with van der Waals surface area (Å²) in [6.07, 6.45) is 3.46. The Labute approximate surface area is 95.8 Å². The molecule has 16 heavy (non-hydrogen) atoms. The molecule has 0 amide bonds. The standard InChI is InChI=1S/C13H17NO2/c1-8-9(2)16-10(3)12(8)13(15)11-5-4-6-14-7-11/h4-10,12H,1-3H3. The van der Waals surface area contributed by atoms with E-state index in [1.165, 1.54) is 0 Å². The third kappa shape index (κ3) is 1.87. The Morgan fingerprint density at radius 2 is 2.06 bits per heavy atom. The Morgan fingerprint density at radius 3 is 2.56 bits per heavy atom. The Bertz CT molecular complexity index is 377. The average Bonchev–Trinajstić information content (AvgIpc) is 2.54. The van der Waals surface area contributed by atoms with Crippen LogP contribution in [-0.2, 0) is 4.74 Å². The first-order valence-corrected chi connectivity index (χ1v) is 5.71. The van der Waals surface area contributed by atoms with Crippen LogP contribution in [-0.4, -0.2) is 23.0 Å². The second kappa shape index (κ2) is 4.34. The highest BCUT2D eigenvalue weighted by atomic mass is 16.5. The number of hydrogen-bond acceptors (Lipinski definition) is 3. The molecule has 2 rings (SSSR count). The number of ketones is 1. The molecule has 0 aliphatic carbocycles. The Kier molecular flexibility index (Phi) is 3.06. The van der Waals surface area contributed by atoms with Crippen LogP contribution in [0.2, 0.25) is 0 Å². The van der Waals surface area contributed by atoms with Crippen molar-refractivity contribution < 1.29 is 9.53 Å². The predicted molar refractivity (Wildman–Crippen MR) is 61.2 cm³/mol. The molecular weight excluding hydrogens is 202 g/mol. The van der Waals surface area contributed by atoms with Crippen molar-refractivity contribution in [3.05, 3.63) is 30.1 Å². The van der Waals surface area contributed by atoms with Gasteiger partial charge in [-0.25, -0.2) is 0 Å². The fourth-order valence-electron chi connectivity index (χ4n) is 2.42. The molecule has 3 nitrogen and oxygen atoms in total. The summed E-state index contributed by atoms with van der Waals surface area (Å²) in [6.45, 7) is 6.07. The summed E-state index contributed by atoms with van der Waals surface area (Å²) in [7, 11) is 0. The maximum atomic E-state index is 12.3. The molecular formula is C13H17NO2. The molecule has 0 bridgehead atoms. The second-order valence-electron chi connectivity index (χ2n) is 4.54. The maximum Gasteiger partial charge on any atom is 0.170 e. The quantitative estimate of drug-likeness (QED) is 0.716. The lowest BCUT2D eigenvalue weighted by Crippen LogP contribution is -2.26. The van der Waals surface area contributed by atoms with E-state index < -0.39 is 0 Å². The third-order valence-electron chi connectivity index (χ3n) is 3.49. The molecule has 0 aromatic carbocycles. The van der Waals surface area contributed by atoms with Gasteiger partial charge in [0, 0.05) is 18.0 Å². The van der Waals surface area contributed by atoms with Crippen LogP contribution in [0.25, 0.3) is 0 Å². The van der Waals surface area contributed by atoms with E-state index in [4.69, 9.17) is 4.74 Å². The fourth-order valence-corrected chi connectivity index (χ4v) is 2.42.